The second kappa shape index (κ2) is 12.4. The van der Waals surface area contributed by atoms with E-state index in [1.165, 1.54) is 12.0 Å². The fourth-order valence-electron chi connectivity index (χ4n) is 3.94. The number of hydrogen-bond acceptors (Lipinski definition) is 5. The van der Waals surface area contributed by atoms with Gasteiger partial charge in [-0.05, 0) is 38.8 Å². The fraction of sp³-hybridized carbons (Fsp3) is 0.667. The third-order valence-corrected chi connectivity index (χ3v) is 5.94. The summed E-state index contributed by atoms with van der Waals surface area (Å²) >= 11 is 0. The number of likely N-dealkylation sites (N-methyl/N-ethyl adjacent to an activating group) is 1. The Hall–Kier alpha value is -2.53. The van der Waals surface area contributed by atoms with Gasteiger partial charge in [0.15, 0.2) is 0 Å². The van der Waals surface area contributed by atoms with Gasteiger partial charge in [0.25, 0.3) is 5.91 Å². The van der Waals surface area contributed by atoms with E-state index in [4.69, 9.17) is 9.47 Å². The van der Waals surface area contributed by atoms with Gasteiger partial charge < -0.3 is 25.0 Å². The molecule has 3 amide bonds. The van der Waals surface area contributed by atoms with Crippen LogP contribution in [-0.4, -0.2) is 86.5 Å². The lowest BCUT2D eigenvalue weighted by Crippen LogP contribution is -2.47. The number of carbonyl (C=O) groups is 2. The standard InChI is InChI=1S/C24H37F3N4O4/c1-15(2)28-23(33)29-18-7-8-19-20(11-18)35-14-17(4)31(10-9-24(25,26)27)12-16(3)21(34-6)13-30(5)22(19)32/h7-8,11,15-17,21H,9-10,12-14H2,1-6H3,(H2,28,29,33)/t16-,17-,21+/m0/s1. The number of fused-ring (bicyclic) bond motifs is 1. The number of benzene rings is 1. The van der Waals surface area contributed by atoms with Crippen LogP contribution >= 0.6 is 0 Å². The highest BCUT2D eigenvalue weighted by atomic mass is 19.4. The maximum absolute atomic E-state index is 13.2. The maximum Gasteiger partial charge on any atom is 0.390 e. The van der Waals surface area contributed by atoms with E-state index in [0.717, 1.165) is 0 Å². The molecule has 0 aliphatic carbocycles. The fourth-order valence-corrected chi connectivity index (χ4v) is 3.94. The van der Waals surface area contributed by atoms with E-state index in [2.05, 4.69) is 10.6 Å². The Morgan fingerprint density at radius 3 is 2.54 bits per heavy atom. The molecule has 3 atom stereocenters. The van der Waals surface area contributed by atoms with E-state index in [1.54, 1.807) is 37.1 Å². The lowest BCUT2D eigenvalue weighted by Gasteiger charge is -2.36. The molecule has 0 fully saturated rings. The van der Waals surface area contributed by atoms with E-state index in [1.807, 2.05) is 20.8 Å². The third-order valence-electron chi connectivity index (χ3n) is 5.94. The predicted octanol–water partition coefficient (Wildman–Crippen LogP) is 3.97. The SMILES string of the molecule is CO[C@@H]1CN(C)C(=O)c2ccc(NC(=O)NC(C)C)cc2OC[C@H](C)N(CCC(F)(F)F)C[C@@H]1C. The molecule has 11 heteroatoms. The van der Waals surface area contributed by atoms with Gasteiger partial charge in [-0.15, -0.1) is 0 Å². The van der Waals surface area contributed by atoms with Gasteiger partial charge in [0.2, 0.25) is 0 Å². The molecule has 0 saturated carbocycles. The molecule has 2 rings (SSSR count). The third kappa shape index (κ3) is 8.88. The summed E-state index contributed by atoms with van der Waals surface area (Å²) in [6.45, 7) is 7.86. The van der Waals surface area contributed by atoms with Crippen LogP contribution < -0.4 is 15.4 Å². The molecule has 35 heavy (non-hydrogen) atoms. The number of amides is 3. The molecule has 1 aromatic rings. The predicted molar refractivity (Wildman–Crippen MR) is 128 cm³/mol. The van der Waals surface area contributed by atoms with Crippen LogP contribution in [0.3, 0.4) is 0 Å². The summed E-state index contributed by atoms with van der Waals surface area (Å²) in [4.78, 5) is 28.6. The van der Waals surface area contributed by atoms with Crippen LogP contribution in [0.15, 0.2) is 18.2 Å². The summed E-state index contributed by atoms with van der Waals surface area (Å²) in [6, 6.07) is 3.90. The molecule has 2 N–H and O–H groups in total. The molecule has 0 aromatic heterocycles. The number of ether oxygens (including phenoxy) is 2. The number of urea groups is 1. The van der Waals surface area contributed by atoms with E-state index >= 15 is 0 Å². The molecule has 1 aromatic carbocycles. The lowest BCUT2D eigenvalue weighted by atomic mass is 10.0. The quantitative estimate of drug-likeness (QED) is 0.637. The minimum atomic E-state index is -4.27. The Morgan fingerprint density at radius 2 is 1.94 bits per heavy atom. The lowest BCUT2D eigenvalue weighted by molar-refractivity contribution is -0.140. The van der Waals surface area contributed by atoms with Crippen molar-refractivity contribution in [1.82, 2.24) is 15.1 Å². The van der Waals surface area contributed by atoms with Crippen LogP contribution in [0.4, 0.5) is 23.7 Å². The van der Waals surface area contributed by atoms with E-state index in [-0.39, 0.29) is 55.5 Å². The van der Waals surface area contributed by atoms with Crippen LogP contribution in [0.5, 0.6) is 5.75 Å². The highest BCUT2D eigenvalue weighted by Crippen LogP contribution is 2.27. The minimum Gasteiger partial charge on any atom is -0.491 e. The molecule has 1 heterocycles. The van der Waals surface area contributed by atoms with Crippen molar-refractivity contribution in [2.45, 2.75) is 58.5 Å². The number of anilines is 1. The van der Waals surface area contributed by atoms with Gasteiger partial charge in [-0.2, -0.15) is 13.2 Å². The zero-order valence-corrected chi connectivity index (χ0v) is 21.2. The van der Waals surface area contributed by atoms with Crippen molar-refractivity contribution in [2.24, 2.45) is 5.92 Å². The minimum absolute atomic E-state index is 0.0634. The van der Waals surface area contributed by atoms with Crippen molar-refractivity contribution in [3.63, 3.8) is 0 Å². The molecular weight excluding hydrogens is 465 g/mol. The molecule has 0 bridgehead atoms. The smallest absolute Gasteiger partial charge is 0.390 e. The van der Waals surface area contributed by atoms with E-state index in [0.29, 0.717) is 17.8 Å². The number of methoxy groups -OCH3 is 1. The van der Waals surface area contributed by atoms with Gasteiger partial charge in [-0.1, -0.05) is 6.92 Å². The van der Waals surface area contributed by atoms with Crippen LogP contribution in [-0.2, 0) is 4.74 Å². The van der Waals surface area contributed by atoms with Crippen molar-refractivity contribution in [2.75, 3.05) is 45.7 Å². The highest BCUT2D eigenvalue weighted by Gasteiger charge is 2.32. The van der Waals surface area contributed by atoms with Gasteiger partial charge in [-0.25, -0.2) is 4.79 Å². The first kappa shape index (κ1) is 28.7. The summed E-state index contributed by atoms with van der Waals surface area (Å²) in [5.41, 5.74) is 0.717. The van der Waals surface area contributed by atoms with Crippen LogP contribution in [0.25, 0.3) is 0 Å². The first-order valence-corrected chi connectivity index (χ1v) is 11.7. The Morgan fingerprint density at radius 1 is 1.26 bits per heavy atom. The largest absolute Gasteiger partial charge is 0.491 e. The number of alkyl halides is 3. The summed E-state index contributed by atoms with van der Waals surface area (Å²) in [5, 5.41) is 5.42. The van der Waals surface area contributed by atoms with Crippen molar-refractivity contribution < 1.29 is 32.2 Å². The topological polar surface area (TPSA) is 83.1 Å². The van der Waals surface area contributed by atoms with E-state index in [9.17, 15) is 22.8 Å². The van der Waals surface area contributed by atoms with Crippen LogP contribution in [0, 0.1) is 5.92 Å². The summed E-state index contributed by atoms with van der Waals surface area (Å²) in [6.07, 6.45) is -5.57. The number of nitrogens with one attached hydrogen (secondary N) is 2. The molecule has 0 unspecified atom stereocenters. The maximum atomic E-state index is 13.2. The monoisotopic (exact) mass is 502 g/mol. The van der Waals surface area contributed by atoms with Crippen molar-refractivity contribution in [3.8, 4) is 5.75 Å². The second-order valence-corrected chi connectivity index (χ2v) is 9.42. The van der Waals surface area contributed by atoms with Gasteiger partial charge in [0.05, 0.1) is 18.1 Å². The number of carbonyl (C=O) groups excluding carboxylic acids is 2. The summed E-state index contributed by atoms with van der Waals surface area (Å²) < 4.78 is 50.5. The van der Waals surface area contributed by atoms with Crippen molar-refractivity contribution in [1.29, 1.82) is 0 Å². The van der Waals surface area contributed by atoms with Gasteiger partial charge in [0, 0.05) is 57.6 Å². The molecule has 1 aliphatic rings. The number of hydrogen-bond donors (Lipinski definition) is 2. The summed E-state index contributed by atoms with van der Waals surface area (Å²) in [7, 11) is 3.18. The Kier molecular flexibility index (Phi) is 10.2. The summed E-state index contributed by atoms with van der Waals surface area (Å²) in [5.74, 6) is -0.167. The van der Waals surface area contributed by atoms with Gasteiger partial charge in [-0.3, -0.25) is 9.69 Å². The first-order chi connectivity index (χ1) is 16.3. The molecule has 8 nitrogen and oxygen atoms in total. The molecular formula is C24H37F3N4O4. The molecule has 0 spiro atoms. The number of rotatable bonds is 5. The molecule has 1 aliphatic heterocycles. The van der Waals surface area contributed by atoms with Gasteiger partial charge >= 0.3 is 12.2 Å². The van der Waals surface area contributed by atoms with Crippen molar-refractivity contribution in [3.05, 3.63) is 23.8 Å². The Labute approximate surface area is 205 Å². The highest BCUT2D eigenvalue weighted by molar-refractivity contribution is 5.98. The average molecular weight is 503 g/mol. The normalized spacial score (nSPS) is 22.6. The van der Waals surface area contributed by atoms with Crippen LogP contribution in [0.2, 0.25) is 0 Å². The van der Waals surface area contributed by atoms with E-state index < -0.39 is 18.6 Å². The Bertz CT molecular complexity index is 866. The molecule has 0 radical (unpaired) electrons. The Balaban J connectivity index is 2.37. The zero-order chi connectivity index (χ0) is 26.3. The second-order valence-electron chi connectivity index (χ2n) is 9.42. The first-order valence-electron chi connectivity index (χ1n) is 11.7. The zero-order valence-electron chi connectivity index (χ0n) is 21.2. The number of nitrogens with zero attached hydrogens (tertiary/aromatic N) is 2. The molecule has 198 valence electrons. The van der Waals surface area contributed by atoms with Crippen molar-refractivity contribution >= 4 is 17.6 Å². The molecule has 0 saturated heterocycles. The number of halogens is 3. The van der Waals surface area contributed by atoms with Crippen LogP contribution in [0.1, 0.15) is 44.5 Å². The average Bonchev–Trinajstić information content (AvgIpc) is 2.76. The van der Waals surface area contributed by atoms with Gasteiger partial charge in [0.1, 0.15) is 12.4 Å².